The number of carbonyl (C=O) groups excluding carboxylic acids is 1. The Hall–Kier alpha value is -4.70. The maximum atomic E-state index is 14.4. The van der Waals surface area contributed by atoms with Crippen LogP contribution in [0.1, 0.15) is 132 Å². The van der Waals surface area contributed by atoms with E-state index < -0.39 is 19.0 Å². The Labute approximate surface area is 414 Å². The highest BCUT2D eigenvalue weighted by Gasteiger charge is 2.55. The second-order valence-electron chi connectivity index (χ2n) is 20.7. The molecule has 12 heteroatoms. The van der Waals surface area contributed by atoms with Gasteiger partial charge in [-0.15, -0.1) is 0 Å². The summed E-state index contributed by atoms with van der Waals surface area (Å²) in [4.78, 5) is 19.1. The summed E-state index contributed by atoms with van der Waals surface area (Å²) in [5.74, 6) is 2.50. The van der Waals surface area contributed by atoms with E-state index in [0.717, 1.165) is 73.3 Å². The molecule has 1 unspecified atom stereocenters. The molecule has 1 aromatic heterocycles. The molecule has 4 atom stereocenters. The highest BCUT2D eigenvalue weighted by molar-refractivity contribution is 7.48. The summed E-state index contributed by atoms with van der Waals surface area (Å²) in [6, 6.07) is 35.3. The van der Waals surface area contributed by atoms with E-state index in [1.54, 1.807) is 0 Å². The first-order chi connectivity index (χ1) is 33.1. The maximum Gasteiger partial charge on any atom is 0.475 e. The number of anilines is 1. The lowest BCUT2D eigenvalue weighted by atomic mass is 9.59. The van der Waals surface area contributed by atoms with Crippen LogP contribution in [0.4, 0.5) is 5.69 Å². The van der Waals surface area contributed by atoms with Crippen molar-refractivity contribution in [1.82, 2.24) is 4.98 Å². The number of benzene rings is 4. The van der Waals surface area contributed by atoms with Crippen molar-refractivity contribution in [3.63, 3.8) is 0 Å². The summed E-state index contributed by atoms with van der Waals surface area (Å²) < 4.78 is 51.2. The van der Waals surface area contributed by atoms with Crippen molar-refractivity contribution in [3.8, 4) is 11.5 Å². The highest BCUT2D eigenvalue weighted by atomic mass is 35.5. The Bertz CT molecular complexity index is 2500. The summed E-state index contributed by atoms with van der Waals surface area (Å²) in [5.41, 5.74) is 5.74. The van der Waals surface area contributed by atoms with Gasteiger partial charge in [0.05, 0.1) is 32.5 Å². The van der Waals surface area contributed by atoms with Crippen LogP contribution in [-0.4, -0.2) is 41.4 Å². The number of aromatic nitrogens is 1. The quantitative estimate of drug-likeness (QED) is 0.0597. The van der Waals surface area contributed by atoms with Crippen LogP contribution in [0.15, 0.2) is 115 Å². The number of hydrogen-bond donors (Lipinski definition) is 1. The number of pyridine rings is 1. The lowest BCUT2D eigenvalue weighted by molar-refractivity contribution is -0.162. The number of rotatable bonds is 20. The minimum Gasteiger partial charge on any atom is -0.493 e. The van der Waals surface area contributed by atoms with Gasteiger partial charge in [-0.1, -0.05) is 98.2 Å². The first-order valence-electron chi connectivity index (χ1n) is 24.9. The number of halogens is 1. The minimum atomic E-state index is -3.94. The predicted octanol–water partition coefficient (Wildman–Crippen LogP) is 14.2. The normalized spacial score (nSPS) is 22.0. The second kappa shape index (κ2) is 22.2. The topological polar surface area (TPSA) is 114 Å². The van der Waals surface area contributed by atoms with Crippen molar-refractivity contribution < 1.29 is 37.1 Å². The van der Waals surface area contributed by atoms with Gasteiger partial charge in [0.25, 0.3) is 0 Å². The molecular formula is C57H70ClN2O8P. The molecule has 4 aromatic carbocycles. The predicted molar refractivity (Wildman–Crippen MR) is 273 cm³/mol. The lowest BCUT2D eigenvalue weighted by Gasteiger charge is -2.48. The molecule has 3 aliphatic rings. The van der Waals surface area contributed by atoms with Gasteiger partial charge in [0, 0.05) is 34.6 Å². The zero-order valence-corrected chi connectivity index (χ0v) is 42.9. The van der Waals surface area contributed by atoms with Gasteiger partial charge in [0.15, 0.2) is 0 Å². The van der Waals surface area contributed by atoms with Gasteiger partial charge in [0.1, 0.15) is 22.6 Å². The molecule has 0 radical (unpaired) electrons. The van der Waals surface area contributed by atoms with E-state index in [9.17, 15) is 9.36 Å². The molecule has 368 valence electrons. The van der Waals surface area contributed by atoms with Gasteiger partial charge in [-0.2, -0.15) is 0 Å². The van der Waals surface area contributed by atoms with E-state index in [0.29, 0.717) is 42.7 Å². The van der Waals surface area contributed by atoms with Crippen LogP contribution in [-0.2, 0) is 59.1 Å². The Morgan fingerprint density at radius 1 is 0.870 bits per heavy atom. The van der Waals surface area contributed by atoms with Crippen molar-refractivity contribution in [1.29, 1.82) is 0 Å². The van der Waals surface area contributed by atoms with Gasteiger partial charge >= 0.3 is 13.8 Å². The molecule has 3 aliphatic carbocycles. The molecule has 1 heterocycles. The van der Waals surface area contributed by atoms with Gasteiger partial charge in [-0.05, 0) is 167 Å². The van der Waals surface area contributed by atoms with E-state index in [1.807, 2.05) is 125 Å². The molecule has 0 amide bonds. The number of nitrogens with one attached hydrogen (secondary N) is 1. The molecule has 8 rings (SSSR count). The Morgan fingerprint density at radius 2 is 1.57 bits per heavy atom. The number of aryl methyl sites for hydroxylation is 1. The van der Waals surface area contributed by atoms with Crippen molar-refractivity contribution in [2.45, 2.75) is 148 Å². The van der Waals surface area contributed by atoms with E-state index in [-0.39, 0.29) is 43.2 Å². The second-order valence-corrected chi connectivity index (χ2v) is 22.8. The smallest absolute Gasteiger partial charge is 0.475 e. The largest absolute Gasteiger partial charge is 0.493 e. The number of carbonyl (C=O) groups is 1. The van der Waals surface area contributed by atoms with E-state index in [2.05, 4.69) is 37.4 Å². The summed E-state index contributed by atoms with van der Waals surface area (Å²) in [5, 5.41) is 4.25. The average Bonchev–Trinajstić information content (AvgIpc) is 3.61. The Balaban J connectivity index is 0.998. The number of hydrogen-bond acceptors (Lipinski definition) is 10. The molecule has 10 nitrogen and oxygen atoms in total. The molecular weight excluding hydrogens is 907 g/mol. The number of fused-ring (bicyclic) bond motifs is 3. The first-order valence-corrected chi connectivity index (χ1v) is 26.7. The van der Waals surface area contributed by atoms with Crippen LogP contribution in [0.25, 0.3) is 0 Å². The molecule has 1 N–H and O–H groups in total. The maximum absolute atomic E-state index is 14.4. The van der Waals surface area contributed by atoms with Gasteiger partial charge in [-0.25, -0.2) is 9.36 Å². The molecule has 1 fully saturated rings. The molecule has 5 aromatic rings. The molecule has 1 spiro atoms. The SMILES string of the molecule is CC(CCOP(=O)(OCc1ccccc1)OCc1ccccc1)Oc1ccc2c(c1)C1(CCC(Nc3cccc(Cl)c3)(C(=O)OC(C)(C)C)CC1)[C@@H](C[C@@H](C)COc1ccnc3c1[C@H](C)CCC3)C2. The zero-order chi connectivity index (χ0) is 48.7. The number of esters is 1. The number of phosphoric ester groups is 1. The third-order valence-electron chi connectivity index (χ3n) is 14.2. The third-order valence-corrected chi connectivity index (χ3v) is 15.8. The van der Waals surface area contributed by atoms with Crippen LogP contribution >= 0.6 is 19.4 Å². The average molecular weight is 978 g/mol. The Kier molecular flexibility index (Phi) is 16.3. The molecule has 0 bridgehead atoms. The minimum absolute atomic E-state index is 0.0873. The van der Waals surface area contributed by atoms with Gasteiger partial charge in [0.2, 0.25) is 0 Å². The summed E-state index contributed by atoms with van der Waals surface area (Å²) in [6.07, 6.45) is 9.96. The molecule has 1 saturated carbocycles. The number of ether oxygens (including phenoxy) is 3. The fourth-order valence-electron chi connectivity index (χ4n) is 10.7. The van der Waals surface area contributed by atoms with E-state index >= 15 is 0 Å². The fraction of sp³-hybridized carbons (Fsp3) is 0.474. The first kappa shape index (κ1) is 50.7. The van der Waals surface area contributed by atoms with Crippen molar-refractivity contribution >= 4 is 31.1 Å². The molecule has 0 aliphatic heterocycles. The summed E-state index contributed by atoms with van der Waals surface area (Å²) >= 11 is 6.48. The van der Waals surface area contributed by atoms with Crippen LogP contribution in [0.5, 0.6) is 11.5 Å². The Morgan fingerprint density at radius 3 is 2.23 bits per heavy atom. The van der Waals surface area contributed by atoms with E-state index in [4.69, 9.17) is 44.4 Å². The van der Waals surface area contributed by atoms with Crippen molar-refractivity contribution in [2.24, 2.45) is 11.8 Å². The van der Waals surface area contributed by atoms with Crippen LogP contribution in [0.3, 0.4) is 0 Å². The van der Waals surface area contributed by atoms with Crippen LogP contribution in [0, 0.1) is 11.8 Å². The van der Waals surface area contributed by atoms with Gasteiger partial charge in [-0.3, -0.25) is 18.6 Å². The molecule has 0 saturated heterocycles. The van der Waals surface area contributed by atoms with Crippen LogP contribution in [0.2, 0.25) is 5.02 Å². The third kappa shape index (κ3) is 12.8. The highest BCUT2D eigenvalue weighted by Crippen LogP contribution is 2.57. The van der Waals surface area contributed by atoms with Gasteiger partial charge < -0.3 is 19.5 Å². The standard InChI is InChI=1S/C57H70ClN2O8P/c1-40(37-63-52-25-31-59-51-22-13-15-41(2)53(51)52)33-46-34-45-23-24-49(67-42(3)26-32-64-69(62,65-38-43-16-9-7-10-17-43)66-39-44-18-11-8-12-19-44)36-50(45)56(46)27-29-57(30-28-56,54(61)68-55(4,5)6)60-48-21-14-20-47(58)35-48/h7-12,14,16-21,23-25,31,35-36,40-42,46,60H,13,15,22,26-30,32-34,37-39H2,1-6H3/t40-,41-,42?,46+,56?,57?/m1/s1. The zero-order valence-electron chi connectivity index (χ0n) is 41.2. The fourth-order valence-corrected chi connectivity index (χ4v) is 12.1. The van der Waals surface area contributed by atoms with Crippen molar-refractivity contribution in [2.75, 3.05) is 18.5 Å². The summed E-state index contributed by atoms with van der Waals surface area (Å²) in [7, 11) is -3.94. The molecule has 69 heavy (non-hydrogen) atoms. The monoisotopic (exact) mass is 976 g/mol. The number of phosphoric acid groups is 1. The summed E-state index contributed by atoms with van der Waals surface area (Å²) in [6.45, 7) is 13.2. The number of nitrogens with zero attached hydrogens (tertiary/aromatic N) is 1. The lowest BCUT2D eigenvalue weighted by Crippen LogP contribution is -2.55. The van der Waals surface area contributed by atoms with Crippen molar-refractivity contribution in [3.05, 3.63) is 154 Å². The van der Waals surface area contributed by atoms with Crippen LogP contribution < -0.4 is 14.8 Å². The van der Waals surface area contributed by atoms with E-state index in [1.165, 1.54) is 22.4 Å².